The number of nitrogens with zero attached hydrogens (tertiary/aromatic N) is 2. The molecular weight excluding hydrogens is 210 g/mol. The Kier molecular flexibility index (Phi) is 4.60. The van der Waals surface area contributed by atoms with Crippen molar-refractivity contribution in [2.75, 3.05) is 0 Å². The molecule has 0 aromatic carbocycles. The first-order valence-corrected chi connectivity index (χ1v) is 6.98. The lowest BCUT2D eigenvalue weighted by molar-refractivity contribution is 0.319. The fourth-order valence-electron chi connectivity index (χ4n) is 2.57. The normalized spacial score (nSPS) is 17.8. The Bertz CT molecular complexity index is 324. The van der Waals surface area contributed by atoms with Crippen molar-refractivity contribution in [2.24, 2.45) is 5.92 Å². The average molecular weight is 235 g/mol. The van der Waals surface area contributed by atoms with Gasteiger partial charge in [0, 0.05) is 25.3 Å². The molecule has 1 N–H and O–H groups in total. The Balaban J connectivity index is 1.80. The summed E-state index contributed by atoms with van der Waals surface area (Å²) in [6, 6.07) is 0.526. The van der Waals surface area contributed by atoms with Crippen LogP contribution in [0.5, 0.6) is 0 Å². The summed E-state index contributed by atoms with van der Waals surface area (Å²) in [5.74, 6) is 0.879. The molecule has 0 bridgehead atoms. The van der Waals surface area contributed by atoms with Crippen molar-refractivity contribution in [3.8, 4) is 0 Å². The molecule has 1 saturated carbocycles. The number of hydrogen-bond acceptors (Lipinski definition) is 2. The molecule has 1 aliphatic rings. The minimum Gasteiger partial charge on any atom is -0.337 e. The van der Waals surface area contributed by atoms with Crippen LogP contribution in [0.2, 0.25) is 0 Å². The van der Waals surface area contributed by atoms with E-state index in [9.17, 15) is 0 Å². The summed E-state index contributed by atoms with van der Waals surface area (Å²) >= 11 is 0. The van der Waals surface area contributed by atoms with Crippen LogP contribution >= 0.6 is 0 Å². The third-order valence-corrected chi connectivity index (χ3v) is 3.57. The molecule has 3 nitrogen and oxygen atoms in total. The van der Waals surface area contributed by atoms with Gasteiger partial charge in [-0.2, -0.15) is 0 Å². The van der Waals surface area contributed by atoms with Crippen molar-refractivity contribution in [1.82, 2.24) is 14.9 Å². The maximum absolute atomic E-state index is 4.45. The molecule has 1 aromatic rings. The summed E-state index contributed by atoms with van der Waals surface area (Å²) in [5.41, 5.74) is 1.16. The third-order valence-electron chi connectivity index (χ3n) is 3.57. The first kappa shape index (κ1) is 12.6. The molecule has 0 saturated heterocycles. The van der Waals surface area contributed by atoms with Crippen LogP contribution in [-0.4, -0.2) is 15.6 Å². The molecule has 1 fully saturated rings. The molecule has 1 aliphatic carbocycles. The van der Waals surface area contributed by atoms with E-state index in [0.29, 0.717) is 6.04 Å². The van der Waals surface area contributed by atoms with Gasteiger partial charge in [-0.05, 0) is 18.8 Å². The zero-order valence-corrected chi connectivity index (χ0v) is 11.2. The summed E-state index contributed by atoms with van der Waals surface area (Å²) in [4.78, 5) is 4.45. The van der Waals surface area contributed by atoms with Crippen molar-refractivity contribution in [2.45, 2.75) is 65.1 Å². The van der Waals surface area contributed by atoms with Crippen LogP contribution in [0.3, 0.4) is 0 Å². The Labute approximate surface area is 105 Å². The summed E-state index contributed by atoms with van der Waals surface area (Å²) < 4.78 is 2.27. The van der Waals surface area contributed by atoms with Gasteiger partial charge in [-0.25, -0.2) is 4.98 Å². The van der Waals surface area contributed by atoms with Gasteiger partial charge < -0.3 is 9.88 Å². The number of nitrogens with one attached hydrogen (secondary N) is 1. The van der Waals surface area contributed by atoms with Crippen LogP contribution in [0.4, 0.5) is 0 Å². The second-order valence-electron chi connectivity index (χ2n) is 5.60. The van der Waals surface area contributed by atoms with E-state index in [4.69, 9.17) is 0 Å². The minimum absolute atomic E-state index is 0.526. The predicted molar refractivity (Wildman–Crippen MR) is 70.8 cm³/mol. The second kappa shape index (κ2) is 6.20. The van der Waals surface area contributed by atoms with E-state index in [1.165, 1.54) is 32.1 Å². The average Bonchev–Trinajstić information content (AvgIpc) is 2.75. The van der Waals surface area contributed by atoms with Crippen molar-refractivity contribution >= 4 is 0 Å². The lowest BCUT2D eigenvalue weighted by Crippen LogP contribution is -2.22. The smallest absolute Gasteiger partial charge is 0.0950 e. The van der Waals surface area contributed by atoms with Gasteiger partial charge in [-0.3, -0.25) is 0 Å². The van der Waals surface area contributed by atoms with Gasteiger partial charge in [-0.1, -0.05) is 33.1 Å². The quantitative estimate of drug-likeness (QED) is 0.850. The van der Waals surface area contributed by atoms with Crippen LogP contribution in [0.15, 0.2) is 12.5 Å². The Hall–Kier alpha value is -0.830. The SMILES string of the molecule is CC(C)NCc1cn(CC2CCCCC2)cn1. The Morgan fingerprint density at radius 1 is 1.35 bits per heavy atom. The Morgan fingerprint density at radius 3 is 2.82 bits per heavy atom. The molecule has 0 atom stereocenters. The Morgan fingerprint density at radius 2 is 2.12 bits per heavy atom. The van der Waals surface area contributed by atoms with E-state index >= 15 is 0 Å². The van der Waals surface area contributed by atoms with Crippen molar-refractivity contribution < 1.29 is 0 Å². The molecular formula is C14H25N3. The molecule has 96 valence electrons. The van der Waals surface area contributed by atoms with E-state index in [1.54, 1.807) is 0 Å². The largest absolute Gasteiger partial charge is 0.337 e. The highest BCUT2D eigenvalue weighted by molar-refractivity contribution is 4.96. The second-order valence-corrected chi connectivity index (χ2v) is 5.60. The summed E-state index contributed by atoms with van der Waals surface area (Å²) in [6.07, 6.45) is 11.3. The van der Waals surface area contributed by atoms with Gasteiger partial charge in [0.15, 0.2) is 0 Å². The third kappa shape index (κ3) is 4.15. The van der Waals surface area contributed by atoms with Gasteiger partial charge in [0.25, 0.3) is 0 Å². The molecule has 0 radical (unpaired) electrons. The molecule has 0 aliphatic heterocycles. The molecule has 3 heteroatoms. The lowest BCUT2D eigenvalue weighted by atomic mass is 9.89. The van der Waals surface area contributed by atoms with Gasteiger partial charge in [0.2, 0.25) is 0 Å². The van der Waals surface area contributed by atoms with Crippen LogP contribution < -0.4 is 5.32 Å². The molecule has 1 aromatic heterocycles. The fraction of sp³-hybridized carbons (Fsp3) is 0.786. The molecule has 17 heavy (non-hydrogen) atoms. The number of rotatable bonds is 5. The maximum Gasteiger partial charge on any atom is 0.0950 e. The van der Waals surface area contributed by atoms with E-state index in [2.05, 4.69) is 34.9 Å². The maximum atomic E-state index is 4.45. The zero-order chi connectivity index (χ0) is 12.1. The molecule has 0 amide bonds. The topological polar surface area (TPSA) is 29.9 Å². The van der Waals surface area contributed by atoms with Gasteiger partial charge in [-0.15, -0.1) is 0 Å². The monoisotopic (exact) mass is 235 g/mol. The summed E-state index contributed by atoms with van der Waals surface area (Å²) in [6.45, 7) is 6.38. The van der Waals surface area contributed by atoms with E-state index in [-0.39, 0.29) is 0 Å². The highest BCUT2D eigenvalue weighted by Gasteiger charge is 2.13. The van der Waals surface area contributed by atoms with Crippen molar-refractivity contribution in [3.63, 3.8) is 0 Å². The van der Waals surface area contributed by atoms with E-state index in [0.717, 1.165) is 24.7 Å². The zero-order valence-electron chi connectivity index (χ0n) is 11.2. The van der Waals surface area contributed by atoms with Crippen molar-refractivity contribution in [1.29, 1.82) is 0 Å². The van der Waals surface area contributed by atoms with Crippen LogP contribution in [0, 0.1) is 5.92 Å². The number of aromatic nitrogens is 2. The first-order valence-electron chi connectivity index (χ1n) is 6.98. The highest BCUT2D eigenvalue weighted by Crippen LogP contribution is 2.24. The minimum atomic E-state index is 0.526. The lowest BCUT2D eigenvalue weighted by Gasteiger charge is -2.21. The molecule has 0 unspecified atom stereocenters. The van der Waals surface area contributed by atoms with Crippen LogP contribution in [-0.2, 0) is 13.1 Å². The summed E-state index contributed by atoms with van der Waals surface area (Å²) in [5, 5.41) is 3.40. The highest BCUT2D eigenvalue weighted by atomic mass is 15.0. The standard InChI is InChI=1S/C14H25N3/c1-12(2)15-8-14-10-17(11-16-14)9-13-6-4-3-5-7-13/h10-13,15H,3-9H2,1-2H3. The predicted octanol–water partition coefficient (Wildman–Crippen LogP) is 2.96. The number of hydrogen-bond donors (Lipinski definition) is 1. The van der Waals surface area contributed by atoms with Gasteiger partial charge in [0.1, 0.15) is 0 Å². The van der Waals surface area contributed by atoms with Crippen LogP contribution in [0.25, 0.3) is 0 Å². The van der Waals surface area contributed by atoms with Crippen LogP contribution in [0.1, 0.15) is 51.6 Å². The summed E-state index contributed by atoms with van der Waals surface area (Å²) in [7, 11) is 0. The molecule has 0 spiro atoms. The van der Waals surface area contributed by atoms with Gasteiger partial charge in [0.05, 0.1) is 12.0 Å². The molecule has 1 heterocycles. The fourth-order valence-corrected chi connectivity index (χ4v) is 2.57. The van der Waals surface area contributed by atoms with E-state index in [1.807, 2.05) is 6.33 Å². The van der Waals surface area contributed by atoms with E-state index < -0.39 is 0 Å². The molecule has 2 rings (SSSR count). The number of imidazole rings is 1. The first-order chi connectivity index (χ1) is 8.24. The van der Waals surface area contributed by atoms with Gasteiger partial charge >= 0.3 is 0 Å². The van der Waals surface area contributed by atoms with Crippen molar-refractivity contribution in [3.05, 3.63) is 18.2 Å².